The summed E-state index contributed by atoms with van der Waals surface area (Å²) in [6, 6.07) is 15.8. The Hall–Kier alpha value is -2.33. The van der Waals surface area contributed by atoms with Crippen molar-refractivity contribution in [3.63, 3.8) is 0 Å². The zero-order chi connectivity index (χ0) is 18.2. The van der Waals surface area contributed by atoms with Crippen LogP contribution in [0.25, 0.3) is 0 Å². The van der Waals surface area contributed by atoms with E-state index in [4.69, 9.17) is 4.74 Å². The Balaban J connectivity index is 1.48. The highest BCUT2D eigenvalue weighted by Crippen LogP contribution is 2.14. The van der Waals surface area contributed by atoms with Crippen LogP contribution in [0.15, 0.2) is 48.5 Å². The summed E-state index contributed by atoms with van der Waals surface area (Å²) in [5.74, 6) is 0.721. The van der Waals surface area contributed by atoms with Crippen LogP contribution < -0.4 is 10.1 Å². The van der Waals surface area contributed by atoms with Gasteiger partial charge < -0.3 is 10.1 Å². The second-order valence-electron chi connectivity index (χ2n) is 6.79. The number of hydrogen-bond donors (Lipinski definition) is 1. The van der Waals surface area contributed by atoms with Gasteiger partial charge in [0.1, 0.15) is 5.75 Å². The number of carbonyl (C=O) groups excluding carboxylic acids is 1. The van der Waals surface area contributed by atoms with Gasteiger partial charge in [-0.25, -0.2) is 0 Å². The van der Waals surface area contributed by atoms with Gasteiger partial charge in [0.15, 0.2) is 0 Å². The van der Waals surface area contributed by atoms with Crippen molar-refractivity contribution in [3.8, 4) is 5.75 Å². The van der Waals surface area contributed by atoms with E-state index in [1.807, 2.05) is 19.1 Å². The van der Waals surface area contributed by atoms with Crippen molar-refractivity contribution >= 4 is 5.91 Å². The Morgan fingerprint density at radius 3 is 2.27 bits per heavy atom. The lowest BCUT2D eigenvalue weighted by molar-refractivity contribution is 0.0951. The molecule has 0 spiro atoms. The van der Waals surface area contributed by atoms with Gasteiger partial charge in [0.05, 0.1) is 6.61 Å². The van der Waals surface area contributed by atoms with Gasteiger partial charge in [0.25, 0.3) is 5.91 Å². The summed E-state index contributed by atoms with van der Waals surface area (Å²) in [7, 11) is 0. The number of benzene rings is 2. The molecule has 138 valence electrons. The van der Waals surface area contributed by atoms with E-state index in [-0.39, 0.29) is 5.91 Å². The van der Waals surface area contributed by atoms with Crippen molar-refractivity contribution in [2.45, 2.75) is 39.3 Å². The predicted molar refractivity (Wildman–Crippen MR) is 104 cm³/mol. The van der Waals surface area contributed by atoms with Crippen LogP contribution in [-0.4, -0.2) is 30.5 Å². The monoisotopic (exact) mass is 352 g/mol. The molecule has 1 heterocycles. The second-order valence-corrected chi connectivity index (χ2v) is 6.79. The topological polar surface area (TPSA) is 41.6 Å². The second kappa shape index (κ2) is 9.39. The SMILES string of the molecule is CCOc1ccc(C(=O)NCc2ccc(CN3CCCCC3)cc2)cc1. The molecular weight excluding hydrogens is 324 g/mol. The highest BCUT2D eigenvalue weighted by Gasteiger charge is 2.10. The molecule has 0 atom stereocenters. The van der Waals surface area contributed by atoms with Gasteiger partial charge in [-0.1, -0.05) is 30.7 Å². The normalized spacial score (nSPS) is 14.8. The number of carbonyl (C=O) groups is 1. The predicted octanol–water partition coefficient (Wildman–Crippen LogP) is 4.00. The lowest BCUT2D eigenvalue weighted by atomic mass is 10.1. The molecule has 0 aliphatic carbocycles. The minimum absolute atomic E-state index is 0.0644. The number of amides is 1. The first kappa shape index (κ1) is 18.5. The molecule has 1 N–H and O–H groups in total. The average Bonchev–Trinajstić information content (AvgIpc) is 2.69. The van der Waals surface area contributed by atoms with Gasteiger partial charge in [-0.2, -0.15) is 0 Å². The molecule has 0 radical (unpaired) electrons. The van der Waals surface area contributed by atoms with Crippen molar-refractivity contribution in [2.24, 2.45) is 0 Å². The summed E-state index contributed by atoms with van der Waals surface area (Å²) >= 11 is 0. The summed E-state index contributed by atoms with van der Waals surface area (Å²) in [6.07, 6.45) is 3.99. The molecule has 0 unspecified atom stereocenters. The van der Waals surface area contributed by atoms with Crippen molar-refractivity contribution in [1.82, 2.24) is 10.2 Å². The number of rotatable bonds is 7. The van der Waals surface area contributed by atoms with E-state index >= 15 is 0 Å². The molecule has 0 bridgehead atoms. The standard InChI is InChI=1S/C22H28N2O2/c1-2-26-21-12-10-20(11-13-21)22(25)23-16-18-6-8-19(9-7-18)17-24-14-4-3-5-15-24/h6-13H,2-5,14-17H2,1H3,(H,23,25). The molecule has 2 aromatic rings. The van der Waals surface area contributed by atoms with Crippen LogP contribution in [-0.2, 0) is 13.1 Å². The largest absolute Gasteiger partial charge is 0.494 e. The average molecular weight is 352 g/mol. The van der Waals surface area contributed by atoms with Crippen LogP contribution in [0.4, 0.5) is 0 Å². The first-order chi connectivity index (χ1) is 12.7. The highest BCUT2D eigenvalue weighted by atomic mass is 16.5. The maximum atomic E-state index is 12.3. The highest BCUT2D eigenvalue weighted by molar-refractivity contribution is 5.94. The smallest absolute Gasteiger partial charge is 0.251 e. The number of nitrogens with one attached hydrogen (secondary N) is 1. The molecule has 1 aliphatic rings. The van der Waals surface area contributed by atoms with E-state index in [2.05, 4.69) is 34.5 Å². The third kappa shape index (κ3) is 5.33. The lowest BCUT2D eigenvalue weighted by Crippen LogP contribution is -2.29. The molecule has 2 aromatic carbocycles. The van der Waals surface area contributed by atoms with Crippen LogP contribution >= 0.6 is 0 Å². The Morgan fingerprint density at radius 1 is 0.962 bits per heavy atom. The van der Waals surface area contributed by atoms with E-state index in [1.165, 1.54) is 37.9 Å². The first-order valence-corrected chi connectivity index (χ1v) is 9.56. The van der Waals surface area contributed by atoms with Crippen LogP contribution in [0.2, 0.25) is 0 Å². The van der Waals surface area contributed by atoms with Gasteiger partial charge in [-0.15, -0.1) is 0 Å². The molecule has 1 saturated heterocycles. The first-order valence-electron chi connectivity index (χ1n) is 9.56. The van der Waals surface area contributed by atoms with Crippen LogP contribution in [0.5, 0.6) is 5.75 Å². The van der Waals surface area contributed by atoms with Gasteiger partial charge in [-0.05, 0) is 68.2 Å². The van der Waals surface area contributed by atoms with E-state index < -0.39 is 0 Å². The molecule has 3 rings (SSSR count). The molecule has 0 saturated carbocycles. The Morgan fingerprint density at radius 2 is 1.62 bits per heavy atom. The van der Waals surface area contributed by atoms with Gasteiger partial charge in [0, 0.05) is 18.7 Å². The van der Waals surface area contributed by atoms with Crippen LogP contribution in [0, 0.1) is 0 Å². The van der Waals surface area contributed by atoms with E-state index in [0.29, 0.717) is 18.7 Å². The molecule has 4 nitrogen and oxygen atoms in total. The molecule has 1 fully saturated rings. The van der Waals surface area contributed by atoms with Gasteiger partial charge in [-0.3, -0.25) is 9.69 Å². The van der Waals surface area contributed by atoms with Crippen molar-refractivity contribution in [1.29, 1.82) is 0 Å². The lowest BCUT2D eigenvalue weighted by Gasteiger charge is -2.26. The molecule has 1 amide bonds. The molecule has 0 aromatic heterocycles. The van der Waals surface area contributed by atoms with Crippen molar-refractivity contribution < 1.29 is 9.53 Å². The molecule has 26 heavy (non-hydrogen) atoms. The maximum Gasteiger partial charge on any atom is 0.251 e. The van der Waals surface area contributed by atoms with Crippen LogP contribution in [0.1, 0.15) is 47.7 Å². The van der Waals surface area contributed by atoms with Crippen molar-refractivity contribution in [2.75, 3.05) is 19.7 Å². The Labute approximate surface area is 156 Å². The fourth-order valence-corrected chi connectivity index (χ4v) is 3.29. The van der Waals surface area contributed by atoms with Crippen molar-refractivity contribution in [3.05, 3.63) is 65.2 Å². The number of ether oxygens (including phenoxy) is 1. The Bertz CT molecular complexity index is 689. The number of hydrogen-bond acceptors (Lipinski definition) is 3. The van der Waals surface area contributed by atoms with E-state index in [9.17, 15) is 4.79 Å². The Kier molecular flexibility index (Phi) is 6.67. The zero-order valence-corrected chi connectivity index (χ0v) is 15.5. The molecule has 4 heteroatoms. The summed E-state index contributed by atoms with van der Waals surface area (Å²) < 4.78 is 5.40. The van der Waals surface area contributed by atoms with E-state index in [0.717, 1.165) is 17.9 Å². The van der Waals surface area contributed by atoms with Gasteiger partial charge >= 0.3 is 0 Å². The fourth-order valence-electron chi connectivity index (χ4n) is 3.29. The quantitative estimate of drug-likeness (QED) is 0.819. The third-order valence-corrected chi connectivity index (χ3v) is 4.76. The third-order valence-electron chi connectivity index (χ3n) is 4.76. The maximum absolute atomic E-state index is 12.3. The summed E-state index contributed by atoms with van der Waals surface area (Å²) in [5.41, 5.74) is 3.11. The zero-order valence-electron chi connectivity index (χ0n) is 15.5. The fraction of sp³-hybridized carbons (Fsp3) is 0.409. The number of nitrogens with zero attached hydrogens (tertiary/aromatic N) is 1. The van der Waals surface area contributed by atoms with E-state index in [1.54, 1.807) is 12.1 Å². The summed E-state index contributed by atoms with van der Waals surface area (Å²) in [5, 5.41) is 2.98. The minimum atomic E-state index is -0.0644. The van der Waals surface area contributed by atoms with Gasteiger partial charge in [0.2, 0.25) is 0 Å². The molecule has 1 aliphatic heterocycles. The minimum Gasteiger partial charge on any atom is -0.494 e. The molecular formula is C22H28N2O2. The number of piperidine rings is 1. The summed E-state index contributed by atoms with van der Waals surface area (Å²) in [4.78, 5) is 14.8. The summed E-state index contributed by atoms with van der Waals surface area (Å²) in [6.45, 7) is 6.55. The number of likely N-dealkylation sites (tertiary alicyclic amines) is 1. The van der Waals surface area contributed by atoms with Crippen LogP contribution in [0.3, 0.4) is 0 Å².